The molecular formula is C15H12ClN3O2. The summed E-state index contributed by atoms with van der Waals surface area (Å²) in [5, 5.41) is 4.33. The van der Waals surface area contributed by atoms with Gasteiger partial charge in [0.1, 0.15) is 5.75 Å². The average molecular weight is 302 g/mol. The normalized spacial score (nSPS) is 10.5. The van der Waals surface area contributed by atoms with Crippen LogP contribution in [0.1, 0.15) is 5.82 Å². The molecule has 106 valence electrons. The van der Waals surface area contributed by atoms with E-state index >= 15 is 0 Å². The molecule has 2 N–H and O–H groups in total. The first kappa shape index (κ1) is 13.5. The molecule has 0 amide bonds. The van der Waals surface area contributed by atoms with E-state index < -0.39 is 0 Å². The number of halogens is 1. The van der Waals surface area contributed by atoms with Crippen LogP contribution in [-0.2, 0) is 6.61 Å². The van der Waals surface area contributed by atoms with Crippen LogP contribution >= 0.6 is 11.6 Å². The Labute approximate surface area is 126 Å². The summed E-state index contributed by atoms with van der Waals surface area (Å²) in [4.78, 5) is 4.26. The molecule has 0 aliphatic rings. The van der Waals surface area contributed by atoms with Gasteiger partial charge in [0.2, 0.25) is 5.82 Å². The van der Waals surface area contributed by atoms with Gasteiger partial charge < -0.3 is 15.0 Å². The van der Waals surface area contributed by atoms with E-state index in [1.165, 1.54) is 0 Å². The van der Waals surface area contributed by atoms with Crippen LogP contribution in [0.2, 0.25) is 5.02 Å². The molecule has 0 aliphatic carbocycles. The molecule has 1 aromatic heterocycles. The van der Waals surface area contributed by atoms with Gasteiger partial charge in [-0.05, 0) is 30.3 Å². The number of hydrogen-bond acceptors (Lipinski definition) is 5. The second kappa shape index (κ2) is 5.85. The summed E-state index contributed by atoms with van der Waals surface area (Å²) >= 11 is 5.97. The maximum Gasteiger partial charge on any atom is 0.258 e. The van der Waals surface area contributed by atoms with E-state index in [4.69, 9.17) is 26.6 Å². The topological polar surface area (TPSA) is 74.2 Å². The highest BCUT2D eigenvalue weighted by Crippen LogP contribution is 2.26. The van der Waals surface area contributed by atoms with Crippen molar-refractivity contribution >= 4 is 17.3 Å². The summed E-state index contributed by atoms with van der Waals surface area (Å²) in [6.07, 6.45) is 0. The largest absolute Gasteiger partial charge is 0.485 e. The first-order chi connectivity index (χ1) is 10.2. The van der Waals surface area contributed by atoms with Crippen LogP contribution in [0.5, 0.6) is 5.75 Å². The van der Waals surface area contributed by atoms with Gasteiger partial charge in [-0.1, -0.05) is 35.0 Å². The van der Waals surface area contributed by atoms with E-state index in [-0.39, 0.29) is 6.61 Å². The number of aromatic nitrogens is 2. The monoisotopic (exact) mass is 301 g/mol. The van der Waals surface area contributed by atoms with Gasteiger partial charge in [0, 0.05) is 5.56 Å². The first-order valence-electron chi connectivity index (χ1n) is 6.28. The maximum absolute atomic E-state index is 5.97. The number of rotatable bonds is 4. The summed E-state index contributed by atoms with van der Waals surface area (Å²) in [6.45, 7) is 0.232. The zero-order valence-corrected chi connectivity index (χ0v) is 11.7. The fourth-order valence-electron chi connectivity index (χ4n) is 1.75. The Morgan fingerprint density at radius 2 is 1.95 bits per heavy atom. The summed E-state index contributed by atoms with van der Waals surface area (Å²) in [6, 6.07) is 14.6. The highest BCUT2D eigenvalue weighted by atomic mass is 35.5. The summed E-state index contributed by atoms with van der Waals surface area (Å²) in [5.41, 5.74) is 6.89. The van der Waals surface area contributed by atoms with Crippen molar-refractivity contribution < 1.29 is 9.26 Å². The molecule has 1 heterocycles. The molecule has 0 atom stereocenters. The van der Waals surface area contributed by atoms with Gasteiger partial charge in [0.15, 0.2) is 6.61 Å². The van der Waals surface area contributed by atoms with Crippen LogP contribution in [0.15, 0.2) is 53.1 Å². The molecule has 2 aromatic carbocycles. The predicted molar refractivity (Wildman–Crippen MR) is 79.9 cm³/mol. The van der Waals surface area contributed by atoms with Crippen molar-refractivity contribution in [1.29, 1.82) is 0 Å². The minimum absolute atomic E-state index is 0.232. The van der Waals surface area contributed by atoms with E-state index in [1.54, 1.807) is 18.2 Å². The van der Waals surface area contributed by atoms with Gasteiger partial charge >= 0.3 is 0 Å². The minimum atomic E-state index is 0.232. The Balaban J connectivity index is 1.72. The fourth-order valence-corrected chi connectivity index (χ4v) is 1.94. The van der Waals surface area contributed by atoms with Crippen molar-refractivity contribution in [3.63, 3.8) is 0 Å². The second-order valence-electron chi connectivity index (χ2n) is 4.35. The fraction of sp³-hybridized carbons (Fsp3) is 0.0667. The smallest absolute Gasteiger partial charge is 0.258 e. The number of nitrogens with zero attached hydrogens (tertiary/aromatic N) is 2. The molecule has 0 radical (unpaired) electrons. The minimum Gasteiger partial charge on any atom is -0.485 e. The van der Waals surface area contributed by atoms with Gasteiger partial charge in [-0.2, -0.15) is 4.98 Å². The maximum atomic E-state index is 5.97. The molecule has 5 nitrogen and oxygen atoms in total. The van der Waals surface area contributed by atoms with Crippen molar-refractivity contribution in [2.45, 2.75) is 6.61 Å². The number of para-hydroxylation sites is 1. The number of ether oxygens (including phenoxy) is 1. The molecule has 3 aromatic rings. The lowest BCUT2D eigenvalue weighted by Crippen LogP contribution is -1.97. The van der Waals surface area contributed by atoms with E-state index in [1.807, 2.05) is 30.3 Å². The third-order valence-corrected chi connectivity index (χ3v) is 3.15. The van der Waals surface area contributed by atoms with Crippen LogP contribution in [-0.4, -0.2) is 10.1 Å². The molecular weight excluding hydrogens is 290 g/mol. The molecule has 3 rings (SSSR count). The number of nitrogens with two attached hydrogens (primary N) is 1. The molecule has 0 fully saturated rings. The molecule has 0 spiro atoms. The van der Waals surface area contributed by atoms with Crippen molar-refractivity contribution in [1.82, 2.24) is 10.1 Å². The lowest BCUT2D eigenvalue weighted by atomic mass is 10.2. The zero-order chi connectivity index (χ0) is 14.7. The molecule has 0 aliphatic heterocycles. The Hall–Kier alpha value is -2.53. The molecule has 0 unspecified atom stereocenters. The molecule has 0 bridgehead atoms. The van der Waals surface area contributed by atoms with Gasteiger partial charge in [0.05, 0.1) is 10.7 Å². The molecule has 21 heavy (non-hydrogen) atoms. The van der Waals surface area contributed by atoms with Crippen molar-refractivity contribution in [2.75, 3.05) is 5.73 Å². The predicted octanol–water partition coefficient (Wildman–Crippen LogP) is 3.55. The van der Waals surface area contributed by atoms with E-state index in [9.17, 15) is 0 Å². The van der Waals surface area contributed by atoms with E-state index in [2.05, 4.69) is 10.1 Å². The Morgan fingerprint density at radius 3 is 2.71 bits per heavy atom. The van der Waals surface area contributed by atoms with Gasteiger partial charge in [-0.25, -0.2) is 0 Å². The average Bonchev–Trinajstić information content (AvgIpc) is 2.98. The van der Waals surface area contributed by atoms with Crippen LogP contribution < -0.4 is 10.5 Å². The zero-order valence-electron chi connectivity index (χ0n) is 11.0. The van der Waals surface area contributed by atoms with Crippen LogP contribution in [0, 0.1) is 0 Å². The van der Waals surface area contributed by atoms with Crippen LogP contribution in [0.4, 0.5) is 5.69 Å². The van der Waals surface area contributed by atoms with Gasteiger partial charge in [-0.3, -0.25) is 0 Å². The quantitative estimate of drug-likeness (QED) is 0.746. The summed E-state index contributed by atoms with van der Waals surface area (Å²) in [5.74, 6) is 1.59. The van der Waals surface area contributed by atoms with Crippen molar-refractivity contribution in [3.8, 4) is 17.2 Å². The Morgan fingerprint density at radius 1 is 1.14 bits per heavy atom. The Kier molecular flexibility index (Phi) is 3.75. The lowest BCUT2D eigenvalue weighted by molar-refractivity contribution is 0.287. The highest BCUT2D eigenvalue weighted by Gasteiger charge is 2.10. The number of anilines is 1. The van der Waals surface area contributed by atoms with E-state index in [0.717, 1.165) is 5.75 Å². The molecule has 6 heteroatoms. The summed E-state index contributed by atoms with van der Waals surface area (Å²) < 4.78 is 10.7. The van der Waals surface area contributed by atoms with Crippen LogP contribution in [0.3, 0.4) is 0 Å². The first-order valence-corrected chi connectivity index (χ1v) is 6.66. The number of nitrogen functional groups attached to an aromatic ring is 1. The standard InChI is InChI=1S/C15H12ClN3O2/c16-12-8-10(6-7-13(12)17)15-18-14(19-21-15)9-20-11-4-2-1-3-5-11/h1-8H,9,17H2. The van der Waals surface area contributed by atoms with Crippen molar-refractivity contribution in [2.24, 2.45) is 0 Å². The van der Waals surface area contributed by atoms with Crippen molar-refractivity contribution in [3.05, 3.63) is 59.4 Å². The third kappa shape index (κ3) is 3.14. The van der Waals surface area contributed by atoms with Crippen LogP contribution in [0.25, 0.3) is 11.5 Å². The Bertz CT molecular complexity index is 744. The highest BCUT2D eigenvalue weighted by molar-refractivity contribution is 6.33. The molecule has 0 saturated carbocycles. The van der Waals surface area contributed by atoms with E-state index in [0.29, 0.717) is 28.0 Å². The molecule has 0 saturated heterocycles. The number of hydrogen-bond donors (Lipinski definition) is 1. The lowest BCUT2D eigenvalue weighted by Gasteiger charge is -2.01. The SMILES string of the molecule is Nc1ccc(-c2nc(COc3ccccc3)no2)cc1Cl. The number of benzene rings is 2. The van der Waals surface area contributed by atoms with Gasteiger partial charge in [-0.15, -0.1) is 0 Å². The van der Waals surface area contributed by atoms with Gasteiger partial charge in [0.25, 0.3) is 5.89 Å². The third-order valence-electron chi connectivity index (χ3n) is 2.83. The summed E-state index contributed by atoms with van der Waals surface area (Å²) in [7, 11) is 0. The second-order valence-corrected chi connectivity index (χ2v) is 4.76.